The third-order valence-corrected chi connectivity index (χ3v) is 2.98. The number of hydrogen-bond acceptors (Lipinski definition) is 3. The predicted molar refractivity (Wildman–Crippen MR) is 69.3 cm³/mol. The summed E-state index contributed by atoms with van der Waals surface area (Å²) in [6.45, 7) is 4.04. The molecule has 0 heterocycles. The van der Waals surface area contributed by atoms with Crippen LogP contribution in [0.5, 0.6) is 0 Å². The standard InChI is InChI=1S/C13H15ClN2O2/c1-8(2)12(13(17)18)16-7-10-4-3-9(6-15)5-11(10)14/h3-5,8,12,16H,7H2,1-2H3,(H,17,18). The van der Waals surface area contributed by atoms with Crippen LogP contribution in [0, 0.1) is 17.2 Å². The lowest BCUT2D eigenvalue weighted by molar-refractivity contribution is -0.140. The summed E-state index contributed by atoms with van der Waals surface area (Å²) in [6.07, 6.45) is 0. The minimum absolute atomic E-state index is 0.0142. The first-order valence-corrected chi connectivity index (χ1v) is 5.98. The van der Waals surface area contributed by atoms with Gasteiger partial charge >= 0.3 is 5.97 Å². The Labute approximate surface area is 111 Å². The number of benzene rings is 1. The van der Waals surface area contributed by atoms with E-state index in [1.165, 1.54) is 0 Å². The van der Waals surface area contributed by atoms with Crippen molar-refractivity contribution in [1.82, 2.24) is 5.32 Å². The van der Waals surface area contributed by atoms with E-state index in [9.17, 15) is 4.79 Å². The lowest BCUT2D eigenvalue weighted by atomic mass is 10.0. The van der Waals surface area contributed by atoms with Crippen LogP contribution in [0.25, 0.3) is 0 Å². The van der Waals surface area contributed by atoms with Crippen molar-refractivity contribution >= 4 is 17.6 Å². The van der Waals surface area contributed by atoms with Gasteiger partial charge in [-0.2, -0.15) is 5.26 Å². The summed E-state index contributed by atoms with van der Waals surface area (Å²) in [5, 5.41) is 21.2. The molecule has 1 atom stereocenters. The molecule has 18 heavy (non-hydrogen) atoms. The monoisotopic (exact) mass is 266 g/mol. The first-order valence-electron chi connectivity index (χ1n) is 5.60. The number of carboxylic acid groups (broad SMARTS) is 1. The largest absolute Gasteiger partial charge is 0.480 e. The quantitative estimate of drug-likeness (QED) is 0.858. The Morgan fingerprint density at radius 3 is 2.67 bits per heavy atom. The molecule has 1 aromatic rings. The third kappa shape index (κ3) is 3.73. The Kier molecular flexibility index (Phi) is 5.14. The Balaban J connectivity index is 2.74. The summed E-state index contributed by atoms with van der Waals surface area (Å²) < 4.78 is 0. The van der Waals surface area contributed by atoms with E-state index >= 15 is 0 Å². The Bertz CT molecular complexity index is 480. The van der Waals surface area contributed by atoms with Crippen molar-refractivity contribution in [2.45, 2.75) is 26.4 Å². The molecule has 0 aromatic heterocycles. The molecule has 0 saturated heterocycles. The third-order valence-electron chi connectivity index (χ3n) is 2.63. The van der Waals surface area contributed by atoms with Gasteiger partial charge in [0.15, 0.2) is 0 Å². The van der Waals surface area contributed by atoms with Gasteiger partial charge in [0.25, 0.3) is 0 Å². The smallest absolute Gasteiger partial charge is 0.320 e. The fourth-order valence-electron chi connectivity index (χ4n) is 1.59. The first kappa shape index (κ1) is 14.5. The summed E-state index contributed by atoms with van der Waals surface area (Å²) in [4.78, 5) is 11.0. The van der Waals surface area contributed by atoms with Gasteiger partial charge in [-0.05, 0) is 23.6 Å². The molecule has 0 saturated carbocycles. The summed E-state index contributed by atoms with van der Waals surface area (Å²) in [6, 6.07) is 6.35. The number of nitrogens with one attached hydrogen (secondary N) is 1. The average Bonchev–Trinajstić information content (AvgIpc) is 2.30. The number of nitrogens with zero attached hydrogens (tertiary/aromatic N) is 1. The van der Waals surface area contributed by atoms with Gasteiger partial charge in [0.05, 0.1) is 11.6 Å². The van der Waals surface area contributed by atoms with Crippen LogP contribution in [0.2, 0.25) is 5.02 Å². The molecule has 96 valence electrons. The molecule has 0 aliphatic carbocycles. The van der Waals surface area contributed by atoms with Gasteiger partial charge < -0.3 is 10.4 Å². The Hall–Kier alpha value is -1.57. The highest BCUT2D eigenvalue weighted by Crippen LogP contribution is 2.18. The highest BCUT2D eigenvalue weighted by molar-refractivity contribution is 6.31. The lowest BCUT2D eigenvalue weighted by Gasteiger charge is -2.18. The van der Waals surface area contributed by atoms with Crippen molar-refractivity contribution < 1.29 is 9.90 Å². The maximum absolute atomic E-state index is 11.0. The van der Waals surface area contributed by atoms with E-state index < -0.39 is 12.0 Å². The van der Waals surface area contributed by atoms with Gasteiger partial charge in [-0.15, -0.1) is 0 Å². The zero-order valence-electron chi connectivity index (χ0n) is 10.3. The number of rotatable bonds is 5. The van der Waals surface area contributed by atoms with E-state index in [-0.39, 0.29) is 5.92 Å². The molecular formula is C13H15ClN2O2. The highest BCUT2D eigenvalue weighted by Gasteiger charge is 2.20. The van der Waals surface area contributed by atoms with Gasteiger partial charge in [0.2, 0.25) is 0 Å². The van der Waals surface area contributed by atoms with Gasteiger partial charge in [-0.25, -0.2) is 0 Å². The number of nitriles is 1. The van der Waals surface area contributed by atoms with Crippen LogP contribution in [0.1, 0.15) is 25.0 Å². The molecule has 5 heteroatoms. The molecule has 0 aliphatic rings. The van der Waals surface area contributed by atoms with Crippen LogP contribution in [0.15, 0.2) is 18.2 Å². The van der Waals surface area contributed by atoms with Crippen molar-refractivity contribution in [1.29, 1.82) is 5.26 Å². The van der Waals surface area contributed by atoms with E-state index in [1.807, 2.05) is 19.9 Å². The second kappa shape index (κ2) is 6.39. The molecule has 4 nitrogen and oxygen atoms in total. The van der Waals surface area contributed by atoms with Crippen molar-refractivity contribution in [3.05, 3.63) is 34.3 Å². The maximum Gasteiger partial charge on any atom is 0.320 e. The normalized spacial score (nSPS) is 12.2. The minimum Gasteiger partial charge on any atom is -0.480 e. The zero-order chi connectivity index (χ0) is 13.7. The summed E-state index contributed by atoms with van der Waals surface area (Å²) in [5.41, 5.74) is 1.27. The van der Waals surface area contributed by atoms with Crippen LogP contribution in [0.4, 0.5) is 0 Å². The van der Waals surface area contributed by atoms with Gasteiger partial charge in [-0.3, -0.25) is 4.79 Å². The molecule has 0 bridgehead atoms. The molecule has 0 amide bonds. The number of halogens is 1. The van der Waals surface area contributed by atoms with Crippen LogP contribution < -0.4 is 5.32 Å². The van der Waals surface area contributed by atoms with E-state index in [4.69, 9.17) is 22.0 Å². The molecule has 1 unspecified atom stereocenters. The fourth-order valence-corrected chi connectivity index (χ4v) is 1.84. The van der Waals surface area contributed by atoms with E-state index in [0.29, 0.717) is 17.1 Å². The molecule has 2 N–H and O–H groups in total. The highest BCUT2D eigenvalue weighted by atomic mass is 35.5. The molecule has 0 radical (unpaired) electrons. The second-order valence-corrected chi connectivity index (χ2v) is 4.77. The Morgan fingerprint density at radius 1 is 1.56 bits per heavy atom. The summed E-state index contributed by atoms with van der Waals surface area (Å²) in [7, 11) is 0. The summed E-state index contributed by atoms with van der Waals surface area (Å²) >= 11 is 6.01. The van der Waals surface area contributed by atoms with E-state index in [1.54, 1.807) is 18.2 Å². The molecule has 0 spiro atoms. The number of carboxylic acids is 1. The van der Waals surface area contributed by atoms with Crippen molar-refractivity contribution in [2.75, 3.05) is 0 Å². The number of carbonyl (C=O) groups is 1. The van der Waals surface area contributed by atoms with Gasteiger partial charge in [0, 0.05) is 11.6 Å². The fraction of sp³-hybridized carbons (Fsp3) is 0.385. The zero-order valence-corrected chi connectivity index (χ0v) is 11.0. The predicted octanol–water partition coefficient (Wildman–Crippen LogP) is 2.41. The minimum atomic E-state index is -0.880. The lowest BCUT2D eigenvalue weighted by Crippen LogP contribution is -2.40. The molecule has 0 fully saturated rings. The van der Waals surface area contributed by atoms with Gasteiger partial charge in [0.1, 0.15) is 6.04 Å². The molecular weight excluding hydrogens is 252 g/mol. The first-order chi connectivity index (χ1) is 8.45. The topological polar surface area (TPSA) is 73.1 Å². The van der Waals surface area contributed by atoms with Crippen molar-refractivity contribution in [3.8, 4) is 6.07 Å². The second-order valence-electron chi connectivity index (χ2n) is 4.36. The Morgan fingerprint density at radius 2 is 2.22 bits per heavy atom. The number of aliphatic carboxylic acids is 1. The average molecular weight is 267 g/mol. The number of hydrogen-bond donors (Lipinski definition) is 2. The van der Waals surface area contributed by atoms with Crippen LogP contribution in [-0.4, -0.2) is 17.1 Å². The SMILES string of the molecule is CC(C)C(NCc1ccc(C#N)cc1Cl)C(=O)O. The van der Waals surface area contributed by atoms with E-state index in [0.717, 1.165) is 5.56 Å². The van der Waals surface area contributed by atoms with Crippen molar-refractivity contribution in [3.63, 3.8) is 0 Å². The molecule has 1 rings (SSSR count). The summed E-state index contributed by atoms with van der Waals surface area (Å²) in [5.74, 6) is -0.894. The maximum atomic E-state index is 11.0. The van der Waals surface area contributed by atoms with Crippen LogP contribution in [-0.2, 0) is 11.3 Å². The van der Waals surface area contributed by atoms with Gasteiger partial charge in [-0.1, -0.05) is 31.5 Å². The van der Waals surface area contributed by atoms with Crippen LogP contribution in [0.3, 0.4) is 0 Å². The molecule has 0 aliphatic heterocycles. The van der Waals surface area contributed by atoms with Crippen molar-refractivity contribution in [2.24, 2.45) is 5.92 Å². The molecule has 1 aromatic carbocycles. The van der Waals surface area contributed by atoms with Crippen LogP contribution >= 0.6 is 11.6 Å². The van der Waals surface area contributed by atoms with E-state index in [2.05, 4.69) is 5.32 Å².